The molecule has 1 aliphatic carbocycles. The summed E-state index contributed by atoms with van der Waals surface area (Å²) in [5.74, 6) is 0.977. The fourth-order valence-corrected chi connectivity index (χ4v) is 3.82. The van der Waals surface area contributed by atoms with Gasteiger partial charge in [0.1, 0.15) is 0 Å². The molecule has 3 atom stereocenters. The summed E-state index contributed by atoms with van der Waals surface area (Å²) in [4.78, 5) is 2.74. The van der Waals surface area contributed by atoms with Gasteiger partial charge in [0.05, 0.1) is 0 Å². The molecule has 0 aromatic heterocycles. The van der Waals surface area contributed by atoms with E-state index in [1.165, 1.54) is 38.6 Å². The molecular weight excluding hydrogens is 196 g/mol. The first kappa shape index (κ1) is 12.4. The van der Waals surface area contributed by atoms with Gasteiger partial charge in [-0.1, -0.05) is 33.6 Å². The van der Waals surface area contributed by atoms with Crippen molar-refractivity contribution in [3.63, 3.8) is 0 Å². The predicted octanol–water partition coefficient (Wildman–Crippen LogP) is 2.62. The maximum Gasteiger partial charge on any atom is 0.0269 e. The summed E-state index contributed by atoms with van der Waals surface area (Å²) in [6.07, 6.45) is 7.17. The van der Waals surface area contributed by atoms with Crippen LogP contribution < -0.4 is 5.73 Å². The van der Waals surface area contributed by atoms with Gasteiger partial charge in [0.15, 0.2) is 0 Å². The average molecular weight is 224 g/mol. The normalized spacial score (nSPS) is 33.8. The van der Waals surface area contributed by atoms with Gasteiger partial charge in [-0.25, -0.2) is 0 Å². The van der Waals surface area contributed by atoms with Gasteiger partial charge in [0.2, 0.25) is 0 Å². The molecule has 1 saturated heterocycles. The van der Waals surface area contributed by atoms with Gasteiger partial charge in [-0.2, -0.15) is 0 Å². The van der Waals surface area contributed by atoms with Crippen molar-refractivity contribution in [1.82, 2.24) is 4.90 Å². The summed E-state index contributed by atoms with van der Waals surface area (Å²) >= 11 is 0. The van der Waals surface area contributed by atoms with E-state index in [4.69, 9.17) is 5.73 Å². The molecule has 0 amide bonds. The monoisotopic (exact) mass is 224 g/mol. The second-order valence-corrected chi connectivity index (χ2v) is 6.76. The predicted molar refractivity (Wildman–Crippen MR) is 69.4 cm³/mol. The molecule has 2 nitrogen and oxygen atoms in total. The average Bonchev–Trinajstić information content (AvgIpc) is 2.61. The van der Waals surface area contributed by atoms with E-state index in [9.17, 15) is 0 Å². The minimum absolute atomic E-state index is 0.321. The van der Waals surface area contributed by atoms with Crippen LogP contribution in [0.4, 0.5) is 0 Å². The molecule has 3 unspecified atom stereocenters. The van der Waals surface area contributed by atoms with Crippen molar-refractivity contribution in [2.45, 2.75) is 65.0 Å². The Morgan fingerprint density at radius 3 is 2.50 bits per heavy atom. The molecule has 0 aromatic carbocycles. The van der Waals surface area contributed by atoms with Crippen molar-refractivity contribution in [3.8, 4) is 0 Å². The van der Waals surface area contributed by atoms with Crippen LogP contribution in [-0.2, 0) is 0 Å². The lowest BCUT2D eigenvalue weighted by atomic mass is 9.82. The third-order valence-electron chi connectivity index (χ3n) is 4.68. The Balaban J connectivity index is 2.08. The van der Waals surface area contributed by atoms with Gasteiger partial charge in [-0.05, 0) is 37.1 Å². The summed E-state index contributed by atoms with van der Waals surface area (Å²) in [5, 5.41) is 0. The Labute approximate surface area is 101 Å². The van der Waals surface area contributed by atoms with E-state index in [1.807, 2.05) is 0 Å². The Bertz CT molecular complexity index is 231. The third-order valence-corrected chi connectivity index (χ3v) is 4.68. The van der Waals surface area contributed by atoms with Gasteiger partial charge in [-0.15, -0.1) is 0 Å². The van der Waals surface area contributed by atoms with Gasteiger partial charge in [-0.3, -0.25) is 4.90 Å². The minimum Gasteiger partial charge on any atom is -0.329 e. The van der Waals surface area contributed by atoms with Crippen LogP contribution in [0.5, 0.6) is 0 Å². The number of hydrogen-bond donors (Lipinski definition) is 1. The molecule has 94 valence electrons. The number of fused-ring (bicyclic) bond motifs is 1. The maximum atomic E-state index is 6.02. The molecule has 0 spiro atoms. The van der Waals surface area contributed by atoms with Crippen LogP contribution in [0.1, 0.15) is 52.9 Å². The molecule has 2 N–H and O–H groups in total. The quantitative estimate of drug-likeness (QED) is 0.781. The summed E-state index contributed by atoms with van der Waals surface area (Å²) in [6.45, 7) is 9.10. The lowest BCUT2D eigenvalue weighted by molar-refractivity contribution is 0.0687. The van der Waals surface area contributed by atoms with Crippen LogP contribution in [0.2, 0.25) is 0 Å². The highest BCUT2D eigenvalue weighted by atomic mass is 15.2. The highest BCUT2D eigenvalue weighted by Gasteiger charge is 2.41. The van der Waals surface area contributed by atoms with Crippen LogP contribution in [-0.4, -0.2) is 30.1 Å². The fourth-order valence-electron chi connectivity index (χ4n) is 3.82. The van der Waals surface area contributed by atoms with Gasteiger partial charge >= 0.3 is 0 Å². The van der Waals surface area contributed by atoms with E-state index in [0.717, 1.165) is 18.5 Å². The zero-order chi connectivity index (χ0) is 11.8. The molecule has 0 bridgehead atoms. The number of nitrogens with zero attached hydrogens (tertiary/aromatic N) is 1. The van der Waals surface area contributed by atoms with E-state index in [2.05, 4.69) is 25.7 Å². The van der Waals surface area contributed by atoms with Crippen LogP contribution in [0.15, 0.2) is 0 Å². The molecule has 1 saturated carbocycles. The molecule has 1 aliphatic heterocycles. The Morgan fingerprint density at radius 2 is 1.88 bits per heavy atom. The molecule has 16 heavy (non-hydrogen) atoms. The Morgan fingerprint density at radius 1 is 1.19 bits per heavy atom. The van der Waals surface area contributed by atoms with E-state index in [-0.39, 0.29) is 0 Å². The molecule has 0 aromatic rings. The maximum absolute atomic E-state index is 6.02. The number of hydrogen-bond acceptors (Lipinski definition) is 2. The van der Waals surface area contributed by atoms with Crippen molar-refractivity contribution in [2.24, 2.45) is 17.1 Å². The first-order chi connectivity index (χ1) is 7.54. The first-order valence-electron chi connectivity index (χ1n) is 7.00. The van der Waals surface area contributed by atoms with E-state index < -0.39 is 0 Å². The molecule has 2 aliphatic rings. The second-order valence-electron chi connectivity index (χ2n) is 6.76. The van der Waals surface area contributed by atoms with E-state index in [1.54, 1.807) is 0 Å². The molecular formula is C14H28N2. The number of nitrogens with two attached hydrogens (primary N) is 1. The van der Waals surface area contributed by atoms with Gasteiger partial charge < -0.3 is 5.73 Å². The van der Waals surface area contributed by atoms with Gasteiger partial charge in [0, 0.05) is 18.6 Å². The number of likely N-dealkylation sites (tertiary alicyclic amines) is 1. The van der Waals surface area contributed by atoms with Crippen molar-refractivity contribution in [2.75, 3.05) is 13.1 Å². The zero-order valence-corrected chi connectivity index (χ0v) is 11.2. The SMILES string of the molecule is CC(C)(C)C(CN)N1CCC2CCCCC21. The van der Waals surface area contributed by atoms with E-state index in [0.29, 0.717) is 11.5 Å². The molecule has 2 fully saturated rings. The highest BCUT2D eigenvalue weighted by Crippen LogP contribution is 2.40. The smallest absolute Gasteiger partial charge is 0.0269 e. The standard InChI is InChI=1S/C14H28N2/c1-14(2,3)13(10-15)16-9-8-11-6-4-5-7-12(11)16/h11-13H,4-10,15H2,1-3H3. The van der Waals surface area contributed by atoms with Crippen LogP contribution in [0.25, 0.3) is 0 Å². The van der Waals surface area contributed by atoms with Gasteiger partial charge in [0.25, 0.3) is 0 Å². The molecule has 2 rings (SSSR count). The largest absolute Gasteiger partial charge is 0.329 e. The Hall–Kier alpha value is -0.0800. The lowest BCUT2D eigenvalue weighted by Crippen LogP contribution is -2.51. The minimum atomic E-state index is 0.321. The fraction of sp³-hybridized carbons (Fsp3) is 1.00. The van der Waals surface area contributed by atoms with Crippen LogP contribution >= 0.6 is 0 Å². The Kier molecular flexibility index (Phi) is 3.60. The van der Waals surface area contributed by atoms with Crippen molar-refractivity contribution < 1.29 is 0 Å². The topological polar surface area (TPSA) is 29.3 Å². The molecule has 2 heteroatoms. The summed E-state index contributed by atoms with van der Waals surface area (Å²) < 4.78 is 0. The summed E-state index contributed by atoms with van der Waals surface area (Å²) in [6, 6.07) is 1.42. The second kappa shape index (κ2) is 4.66. The van der Waals surface area contributed by atoms with Crippen molar-refractivity contribution in [3.05, 3.63) is 0 Å². The number of rotatable bonds is 2. The van der Waals surface area contributed by atoms with Crippen LogP contribution in [0, 0.1) is 11.3 Å². The lowest BCUT2D eigenvalue weighted by Gasteiger charge is -2.42. The molecule has 0 radical (unpaired) electrons. The van der Waals surface area contributed by atoms with Crippen molar-refractivity contribution >= 4 is 0 Å². The summed E-state index contributed by atoms with van der Waals surface area (Å²) in [7, 11) is 0. The van der Waals surface area contributed by atoms with E-state index >= 15 is 0 Å². The third kappa shape index (κ3) is 2.28. The highest BCUT2D eigenvalue weighted by molar-refractivity contribution is 4.96. The van der Waals surface area contributed by atoms with Crippen molar-refractivity contribution in [1.29, 1.82) is 0 Å². The first-order valence-corrected chi connectivity index (χ1v) is 7.00. The molecule has 1 heterocycles. The van der Waals surface area contributed by atoms with Crippen LogP contribution in [0.3, 0.4) is 0 Å². The summed E-state index contributed by atoms with van der Waals surface area (Å²) in [5.41, 5.74) is 6.34. The zero-order valence-electron chi connectivity index (χ0n) is 11.2.